The van der Waals surface area contributed by atoms with Crippen molar-refractivity contribution in [3.05, 3.63) is 0 Å². The standard InChI is InChI=1S/C15H36OSi3/c1-8-17(9-2)14-15(7)16-18(10-3,11-4)19(17,12-5)13-6/h15H,8-14H2,1-7H3. The lowest BCUT2D eigenvalue weighted by Gasteiger charge is -2.61. The van der Waals surface area contributed by atoms with Gasteiger partial charge in [0.2, 0.25) is 0 Å². The van der Waals surface area contributed by atoms with E-state index in [-0.39, 0.29) is 0 Å². The Kier molecular flexibility index (Phi) is 6.12. The highest BCUT2D eigenvalue weighted by Gasteiger charge is 2.66. The van der Waals surface area contributed by atoms with Gasteiger partial charge in [-0.25, -0.2) is 0 Å². The fourth-order valence-corrected chi connectivity index (χ4v) is 56.6. The van der Waals surface area contributed by atoms with E-state index < -0.39 is 22.5 Å². The summed E-state index contributed by atoms with van der Waals surface area (Å²) in [4.78, 5) is 0. The smallest absolute Gasteiger partial charge is 0.177 e. The molecule has 1 heterocycles. The predicted octanol–water partition coefficient (Wildman–Crippen LogP) is 5.52. The molecule has 1 nitrogen and oxygen atoms in total. The lowest BCUT2D eigenvalue weighted by Crippen LogP contribution is -2.81. The van der Waals surface area contributed by atoms with Gasteiger partial charge in [-0.1, -0.05) is 65.7 Å². The SMILES string of the molecule is CC[Si]1(CC)CC(C)O[Si](CC)(CC)[Si]1(CC)CC. The molecular formula is C15H36OSi3. The highest BCUT2D eigenvalue weighted by Crippen LogP contribution is 2.50. The quantitative estimate of drug-likeness (QED) is 0.586. The van der Waals surface area contributed by atoms with Crippen molar-refractivity contribution in [1.29, 1.82) is 0 Å². The summed E-state index contributed by atoms with van der Waals surface area (Å²) >= 11 is 0. The summed E-state index contributed by atoms with van der Waals surface area (Å²) < 4.78 is 6.86. The van der Waals surface area contributed by atoms with E-state index in [2.05, 4.69) is 48.5 Å². The summed E-state index contributed by atoms with van der Waals surface area (Å²) in [7, 11) is -3.70. The first-order valence-electron chi connectivity index (χ1n) is 8.64. The van der Waals surface area contributed by atoms with E-state index in [1.165, 1.54) is 42.3 Å². The second-order valence-corrected chi connectivity index (χ2v) is 31.4. The molecule has 1 aliphatic heterocycles. The van der Waals surface area contributed by atoms with Crippen molar-refractivity contribution in [1.82, 2.24) is 0 Å². The third-order valence-electron chi connectivity index (χ3n) is 6.70. The molecule has 1 saturated heterocycles. The van der Waals surface area contributed by atoms with Gasteiger partial charge in [-0.15, -0.1) is 0 Å². The van der Waals surface area contributed by atoms with Crippen LogP contribution in [0.15, 0.2) is 0 Å². The molecule has 0 saturated carbocycles. The van der Waals surface area contributed by atoms with Crippen LogP contribution in [0.1, 0.15) is 48.5 Å². The van der Waals surface area contributed by atoms with Crippen LogP contribution in [-0.4, -0.2) is 28.6 Å². The van der Waals surface area contributed by atoms with Gasteiger partial charge in [-0.3, -0.25) is 0 Å². The van der Waals surface area contributed by atoms with Gasteiger partial charge in [0.1, 0.15) is 0 Å². The molecule has 19 heavy (non-hydrogen) atoms. The molecule has 4 heteroatoms. The second kappa shape index (κ2) is 6.58. The first kappa shape index (κ1) is 17.7. The van der Waals surface area contributed by atoms with Crippen LogP contribution in [0.4, 0.5) is 0 Å². The topological polar surface area (TPSA) is 9.23 Å². The molecule has 0 aromatic heterocycles. The summed E-state index contributed by atoms with van der Waals surface area (Å²) in [6, 6.07) is 10.3. The average Bonchev–Trinajstić information content (AvgIpc) is 2.45. The molecule has 0 amide bonds. The lowest BCUT2D eigenvalue weighted by atomic mass is 10.5. The Bertz CT molecular complexity index is 257. The third-order valence-corrected chi connectivity index (χ3v) is 49.7. The third kappa shape index (κ3) is 2.36. The van der Waals surface area contributed by atoms with Crippen LogP contribution in [-0.2, 0) is 4.43 Å². The molecular weight excluding hydrogens is 280 g/mol. The molecule has 1 fully saturated rings. The fraction of sp³-hybridized carbons (Fsp3) is 1.00. The minimum Gasteiger partial charge on any atom is -0.417 e. The summed E-state index contributed by atoms with van der Waals surface area (Å²) in [5.74, 6) is 0. The van der Waals surface area contributed by atoms with Crippen molar-refractivity contribution >= 4 is 22.5 Å². The average molecular weight is 317 g/mol. The lowest BCUT2D eigenvalue weighted by molar-refractivity contribution is 0.229. The van der Waals surface area contributed by atoms with Crippen molar-refractivity contribution in [2.75, 3.05) is 0 Å². The molecule has 0 N–H and O–H groups in total. The van der Waals surface area contributed by atoms with E-state index in [0.29, 0.717) is 6.10 Å². The maximum absolute atomic E-state index is 6.86. The molecule has 0 aromatic carbocycles. The molecule has 0 aromatic rings. The van der Waals surface area contributed by atoms with Crippen LogP contribution in [0.5, 0.6) is 0 Å². The van der Waals surface area contributed by atoms with Crippen molar-refractivity contribution < 1.29 is 4.43 Å². The Labute approximate surface area is 124 Å². The Morgan fingerprint density at radius 3 is 1.58 bits per heavy atom. The molecule has 1 atom stereocenters. The maximum atomic E-state index is 6.86. The summed E-state index contributed by atoms with van der Waals surface area (Å²) in [6.07, 6.45) is 0.567. The van der Waals surface area contributed by atoms with Crippen LogP contribution >= 0.6 is 0 Å². The van der Waals surface area contributed by atoms with E-state index in [4.69, 9.17) is 4.43 Å². The van der Waals surface area contributed by atoms with E-state index in [9.17, 15) is 0 Å². The first-order chi connectivity index (χ1) is 8.96. The van der Waals surface area contributed by atoms with Crippen LogP contribution in [0.3, 0.4) is 0 Å². The van der Waals surface area contributed by atoms with Gasteiger partial charge in [0, 0.05) is 6.10 Å². The van der Waals surface area contributed by atoms with Gasteiger partial charge in [0.15, 0.2) is 7.83 Å². The number of hydrogen-bond acceptors (Lipinski definition) is 1. The largest absolute Gasteiger partial charge is 0.417 e. The number of hydrogen-bond donors (Lipinski definition) is 0. The summed E-state index contributed by atoms with van der Waals surface area (Å²) in [5.41, 5.74) is 0. The van der Waals surface area contributed by atoms with E-state index >= 15 is 0 Å². The second-order valence-electron chi connectivity index (χ2n) is 6.61. The van der Waals surface area contributed by atoms with Crippen molar-refractivity contribution in [2.45, 2.75) is 96.9 Å². The van der Waals surface area contributed by atoms with Gasteiger partial charge < -0.3 is 4.43 Å². The fourth-order valence-electron chi connectivity index (χ4n) is 5.72. The normalized spacial score (nSPS) is 28.3. The van der Waals surface area contributed by atoms with Crippen LogP contribution in [0.25, 0.3) is 0 Å². The first-order valence-corrected chi connectivity index (χ1v) is 18.0. The molecule has 1 rings (SSSR count). The molecule has 0 spiro atoms. The van der Waals surface area contributed by atoms with E-state index in [1.54, 1.807) is 0 Å². The summed E-state index contributed by atoms with van der Waals surface area (Å²) in [6.45, 7) is 17.4. The van der Waals surface area contributed by atoms with Gasteiger partial charge >= 0.3 is 0 Å². The van der Waals surface area contributed by atoms with E-state index in [0.717, 1.165) is 0 Å². The zero-order chi connectivity index (χ0) is 14.7. The van der Waals surface area contributed by atoms with Crippen molar-refractivity contribution in [2.24, 2.45) is 0 Å². The summed E-state index contributed by atoms with van der Waals surface area (Å²) in [5, 5.41) is 0. The number of rotatable bonds is 6. The van der Waals surface area contributed by atoms with Gasteiger partial charge in [-0.2, -0.15) is 0 Å². The molecule has 0 aliphatic carbocycles. The zero-order valence-corrected chi connectivity index (χ0v) is 17.4. The molecule has 114 valence electrons. The zero-order valence-electron chi connectivity index (χ0n) is 14.4. The predicted molar refractivity (Wildman–Crippen MR) is 95.5 cm³/mol. The monoisotopic (exact) mass is 316 g/mol. The maximum Gasteiger partial charge on any atom is 0.177 e. The highest BCUT2D eigenvalue weighted by molar-refractivity contribution is 7.69. The Morgan fingerprint density at radius 2 is 1.26 bits per heavy atom. The van der Waals surface area contributed by atoms with Crippen molar-refractivity contribution in [3.8, 4) is 0 Å². The highest BCUT2D eigenvalue weighted by atomic mass is 29.6. The molecule has 1 aliphatic rings. The van der Waals surface area contributed by atoms with E-state index in [1.807, 2.05) is 0 Å². The van der Waals surface area contributed by atoms with Crippen LogP contribution in [0.2, 0.25) is 42.3 Å². The molecule has 0 radical (unpaired) electrons. The van der Waals surface area contributed by atoms with Crippen LogP contribution in [0, 0.1) is 0 Å². The van der Waals surface area contributed by atoms with Gasteiger partial charge in [-0.05, 0) is 25.1 Å². The minimum absolute atomic E-state index is 0.567. The Morgan fingerprint density at radius 1 is 0.789 bits per heavy atom. The van der Waals surface area contributed by atoms with Gasteiger partial charge in [0.25, 0.3) is 0 Å². The van der Waals surface area contributed by atoms with Crippen LogP contribution < -0.4 is 0 Å². The van der Waals surface area contributed by atoms with Crippen molar-refractivity contribution in [3.63, 3.8) is 0 Å². The Balaban J connectivity index is 3.45. The molecule has 1 unspecified atom stereocenters. The Hall–Kier alpha value is 0.611. The minimum atomic E-state index is -1.45. The molecule has 0 bridgehead atoms. The van der Waals surface area contributed by atoms with Gasteiger partial charge in [0.05, 0.1) is 14.7 Å².